The first-order chi connectivity index (χ1) is 10.0. The van der Waals surface area contributed by atoms with Gasteiger partial charge in [0.1, 0.15) is 5.82 Å². The summed E-state index contributed by atoms with van der Waals surface area (Å²) in [5, 5.41) is 6.11. The van der Waals surface area contributed by atoms with Crippen molar-refractivity contribution in [1.82, 2.24) is 10.3 Å². The highest BCUT2D eigenvalue weighted by molar-refractivity contribution is 5.95. The first kappa shape index (κ1) is 15.8. The average molecular weight is 291 g/mol. The lowest BCUT2D eigenvalue weighted by molar-refractivity contribution is 0.0722. The lowest BCUT2D eigenvalue weighted by Gasteiger charge is -2.20. The molecule has 116 valence electrons. The fourth-order valence-electron chi connectivity index (χ4n) is 2.73. The molecule has 2 unspecified atom stereocenters. The van der Waals surface area contributed by atoms with Crippen molar-refractivity contribution in [2.24, 2.45) is 0 Å². The molecule has 1 aliphatic rings. The average Bonchev–Trinajstić information content (AvgIpc) is 2.93. The number of rotatable bonds is 5. The van der Waals surface area contributed by atoms with Gasteiger partial charge in [0, 0.05) is 25.4 Å². The van der Waals surface area contributed by atoms with Gasteiger partial charge in [-0.2, -0.15) is 0 Å². The highest BCUT2D eigenvalue weighted by atomic mass is 16.5. The van der Waals surface area contributed by atoms with Crippen molar-refractivity contribution in [3.63, 3.8) is 0 Å². The minimum absolute atomic E-state index is 0.0512. The molecule has 0 saturated heterocycles. The standard InChI is InChI=1S/C16H25N3O2/c1-10(2)13-8-11(9-15(17-3)18-13)16(20)19-12-6-5-7-14(12)21-4/h8-10,12,14H,5-7H2,1-4H3,(H,17,18)(H,19,20). The van der Waals surface area contributed by atoms with E-state index in [0.29, 0.717) is 5.56 Å². The maximum absolute atomic E-state index is 12.5. The molecular formula is C16H25N3O2. The number of hydrogen-bond donors (Lipinski definition) is 2. The van der Waals surface area contributed by atoms with Gasteiger partial charge < -0.3 is 15.4 Å². The van der Waals surface area contributed by atoms with Crippen LogP contribution in [0.4, 0.5) is 5.82 Å². The number of methoxy groups -OCH3 is 1. The molecule has 0 spiro atoms. The van der Waals surface area contributed by atoms with Crippen LogP contribution in [0.2, 0.25) is 0 Å². The van der Waals surface area contributed by atoms with Crippen LogP contribution in [-0.4, -0.2) is 37.2 Å². The number of aromatic nitrogens is 1. The van der Waals surface area contributed by atoms with E-state index in [1.54, 1.807) is 13.2 Å². The predicted octanol–water partition coefficient (Wildman–Crippen LogP) is 2.54. The fraction of sp³-hybridized carbons (Fsp3) is 0.625. The van der Waals surface area contributed by atoms with Crippen molar-refractivity contribution in [1.29, 1.82) is 0 Å². The summed E-state index contributed by atoms with van der Waals surface area (Å²) in [6.07, 6.45) is 3.21. The first-order valence-corrected chi connectivity index (χ1v) is 7.58. The number of amides is 1. The van der Waals surface area contributed by atoms with E-state index in [-0.39, 0.29) is 24.0 Å². The van der Waals surface area contributed by atoms with Crippen LogP contribution in [0.3, 0.4) is 0 Å². The molecule has 1 saturated carbocycles. The van der Waals surface area contributed by atoms with E-state index in [9.17, 15) is 4.79 Å². The van der Waals surface area contributed by atoms with Crippen LogP contribution in [0.15, 0.2) is 12.1 Å². The Kier molecular flexibility index (Phi) is 5.17. The number of carbonyl (C=O) groups excluding carboxylic acids is 1. The zero-order valence-corrected chi connectivity index (χ0v) is 13.3. The van der Waals surface area contributed by atoms with E-state index in [2.05, 4.69) is 29.5 Å². The fourth-order valence-corrected chi connectivity index (χ4v) is 2.73. The number of pyridine rings is 1. The van der Waals surface area contributed by atoms with E-state index in [1.165, 1.54) is 0 Å². The van der Waals surface area contributed by atoms with Gasteiger partial charge in [-0.3, -0.25) is 4.79 Å². The molecule has 1 heterocycles. The zero-order valence-electron chi connectivity index (χ0n) is 13.3. The van der Waals surface area contributed by atoms with Crippen LogP contribution >= 0.6 is 0 Å². The molecule has 2 N–H and O–H groups in total. The summed E-state index contributed by atoms with van der Waals surface area (Å²) in [7, 11) is 3.52. The molecule has 5 nitrogen and oxygen atoms in total. The topological polar surface area (TPSA) is 63.2 Å². The third-order valence-corrected chi connectivity index (χ3v) is 4.03. The summed E-state index contributed by atoms with van der Waals surface area (Å²) >= 11 is 0. The van der Waals surface area contributed by atoms with Gasteiger partial charge in [-0.15, -0.1) is 0 Å². The van der Waals surface area contributed by atoms with Gasteiger partial charge >= 0.3 is 0 Å². The SMILES string of the molecule is CNc1cc(C(=O)NC2CCCC2OC)cc(C(C)C)n1. The van der Waals surface area contributed by atoms with Crippen molar-refractivity contribution in [2.75, 3.05) is 19.5 Å². The predicted molar refractivity (Wildman–Crippen MR) is 83.8 cm³/mol. The molecule has 0 aliphatic heterocycles. The minimum atomic E-state index is -0.0512. The molecule has 5 heteroatoms. The minimum Gasteiger partial charge on any atom is -0.379 e. The molecule has 2 rings (SSSR count). The molecule has 0 radical (unpaired) electrons. The number of nitrogens with zero attached hydrogens (tertiary/aromatic N) is 1. The van der Waals surface area contributed by atoms with E-state index in [0.717, 1.165) is 30.8 Å². The van der Waals surface area contributed by atoms with Gasteiger partial charge in [0.15, 0.2) is 0 Å². The second-order valence-corrected chi connectivity index (χ2v) is 5.86. The Balaban J connectivity index is 2.16. The zero-order chi connectivity index (χ0) is 15.4. The van der Waals surface area contributed by atoms with Crippen molar-refractivity contribution in [3.8, 4) is 0 Å². The van der Waals surface area contributed by atoms with Crippen LogP contribution in [0.5, 0.6) is 0 Å². The number of ether oxygens (including phenoxy) is 1. The van der Waals surface area contributed by atoms with Crippen LogP contribution in [0.25, 0.3) is 0 Å². The van der Waals surface area contributed by atoms with Crippen LogP contribution in [-0.2, 0) is 4.74 Å². The van der Waals surface area contributed by atoms with E-state index in [4.69, 9.17) is 4.74 Å². The van der Waals surface area contributed by atoms with Crippen molar-refractivity contribution in [2.45, 2.75) is 51.2 Å². The van der Waals surface area contributed by atoms with Gasteiger partial charge in [0.05, 0.1) is 12.1 Å². The van der Waals surface area contributed by atoms with Crippen molar-refractivity contribution in [3.05, 3.63) is 23.4 Å². The Bertz CT molecular complexity index is 502. The third-order valence-electron chi connectivity index (χ3n) is 4.03. The Morgan fingerprint density at radius 1 is 1.38 bits per heavy atom. The van der Waals surface area contributed by atoms with Gasteiger partial charge in [0.25, 0.3) is 5.91 Å². The first-order valence-electron chi connectivity index (χ1n) is 7.58. The quantitative estimate of drug-likeness (QED) is 0.875. The summed E-state index contributed by atoms with van der Waals surface area (Å²) in [6.45, 7) is 4.14. The lowest BCUT2D eigenvalue weighted by atomic mass is 10.1. The van der Waals surface area contributed by atoms with Gasteiger partial charge in [-0.1, -0.05) is 13.8 Å². The lowest BCUT2D eigenvalue weighted by Crippen LogP contribution is -2.40. The highest BCUT2D eigenvalue weighted by Crippen LogP contribution is 2.23. The van der Waals surface area contributed by atoms with E-state index >= 15 is 0 Å². The normalized spacial score (nSPS) is 21.6. The molecule has 1 amide bonds. The van der Waals surface area contributed by atoms with Crippen molar-refractivity contribution >= 4 is 11.7 Å². The number of hydrogen-bond acceptors (Lipinski definition) is 4. The summed E-state index contributed by atoms with van der Waals surface area (Å²) in [6, 6.07) is 3.77. The Morgan fingerprint density at radius 2 is 2.14 bits per heavy atom. The van der Waals surface area contributed by atoms with Gasteiger partial charge in [0.2, 0.25) is 0 Å². The summed E-state index contributed by atoms with van der Waals surface area (Å²) in [4.78, 5) is 17.0. The summed E-state index contributed by atoms with van der Waals surface area (Å²) < 4.78 is 5.43. The number of anilines is 1. The monoisotopic (exact) mass is 291 g/mol. The molecule has 0 aromatic carbocycles. The molecule has 1 aromatic rings. The maximum atomic E-state index is 12.5. The Morgan fingerprint density at radius 3 is 2.76 bits per heavy atom. The second kappa shape index (κ2) is 6.89. The van der Waals surface area contributed by atoms with E-state index in [1.807, 2.05) is 13.1 Å². The molecular weight excluding hydrogens is 266 g/mol. The van der Waals surface area contributed by atoms with E-state index < -0.39 is 0 Å². The number of carbonyl (C=O) groups is 1. The summed E-state index contributed by atoms with van der Waals surface area (Å²) in [5.41, 5.74) is 1.57. The largest absolute Gasteiger partial charge is 0.379 e. The molecule has 0 bridgehead atoms. The van der Waals surface area contributed by atoms with Crippen molar-refractivity contribution < 1.29 is 9.53 Å². The molecule has 2 atom stereocenters. The molecule has 1 fully saturated rings. The maximum Gasteiger partial charge on any atom is 0.251 e. The third kappa shape index (κ3) is 3.73. The van der Waals surface area contributed by atoms with Crippen LogP contribution < -0.4 is 10.6 Å². The molecule has 21 heavy (non-hydrogen) atoms. The van der Waals surface area contributed by atoms with Gasteiger partial charge in [-0.25, -0.2) is 4.98 Å². The second-order valence-electron chi connectivity index (χ2n) is 5.86. The summed E-state index contributed by atoms with van der Waals surface area (Å²) in [5.74, 6) is 0.953. The molecule has 1 aromatic heterocycles. The highest BCUT2D eigenvalue weighted by Gasteiger charge is 2.28. The Hall–Kier alpha value is -1.62. The van der Waals surface area contributed by atoms with Gasteiger partial charge in [-0.05, 0) is 37.3 Å². The van der Waals surface area contributed by atoms with Crippen LogP contribution in [0.1, 0.15) is 55.1 Å². The molecule has 1 aliphatic carbocycles. The Labute approximate surface area is 126 Å². The van der Waals surface area contributed by atoms with Crippen LogP contribution in [0, 0.1) is 0 Å². The number of nitrogens with one attached hydrogen (secondary N) is 2. The smallest absolute Gasteiger partial charge is 0.251 e.